The number of unbranched alkanes of at least 4 members (excludes halogenated alkanes) is 2. The van der Waals surface area contributed by atoms with Crippen LogP contribution in [0.15, 0.2) is 0 Å². The molecule has 1 atom stereocenters. The van der Waals surface area contributed by atoms with Crippen LogP contribution in [0.1, 0.15) is 45.4 Å². The monoisotopic (exact) mass is 170 g/mol. The Balaban J connectivity index is 3.38. The summed E-state index contributed by atoms with van der Waals surface area (Å²) in [5.74, 6) is 0.113. The molecule has 2 heteroatoms. The molecule has 0 fully saturated rings. The van der Waals surface area contributed by atoms with Gasteiger partial charge >= 0.3 is 0 Å². The molecule has 0 saturated heterocycles. The standard InChI is InChI=1S/C10H18O2/c1-2-3-4-6-10(9-12)7-5-8-11/h8-10H,2-7H2,1H3. The summed E-state index contributed by atoms with van der Waals surface area (Å²) in [6.07, 6.45) is 7.55. The van der Waals surface area contributed by atoms with Crippen LogP contribution in [0.3, 0.4) is 0 Å². The van der Waals surface area contributed by atoms with E-state index >= 15 is 0 Å². The first-order valence-electron chi connectivity index (χ1n) is 4.74. The van der Waals surface area contributed by atoms with Gasteiger partial charge in [0.25, 0.3) is 0 Å². The lowest BCUT2D eigenvalue weighted by Crippen LogP contribution is -2.02. The fourth-order valence-corrected chi connectivity index (χ4v) is 1.22. The minimum atomic E-state index is 0.113. The normalized spacial score (nSPS) is 12.4. The van der Waals surface area contributed by atoms with E-state index < -0.39 is 0 Å². The number of carbonyl (C=O) groups is 2. The average Bonchev–Trinajstić information content (AvgIpc) is 2.11. The fourth-order valence-electron chi connectivity index (χ4n) is 1.22. The van der Waals surface area contributed by atoms with Gasteiger partial charge in [-0.25, -0.2) is 0 Å². The maximum Gasteiger partial charge on any atom is 0.123 e. The Morgan fingerprint density at radius 1 is 1.17 bits per heavy atom. The molecule has 12 heavy (non-hydrogen) atoms. The van der Waals surface area contributed by atoms with Crippen molar-refractivity contribution >= 4 is 12.6 Å². The van der Waals surface area contributed by atoms with Gasteiger partial charge in [0.05, 0.1) is 0 Å². The zero-order valence-electron chi connectivity index (χ0n) is 7.79. The van der Waals surface area contributed by atoms with Crippen LogP contribution in [0.4, 0.5) is 0 Å². The molecule has 0 N–H and O–H groups in total. The van der Waals surface area contributed by atoms with E-state index in [9.17, 15) is 9.59 Å². The third-order valence-electron chi connectivity index (χ3n) is 2.03. The second-order valence-electron chi connectivity index (χ2n) is 3.14. The van der Waals surface area contributed by atoms with Crippen molar-refractivity contribution in [2.75, 3.05) is 0 Å². The van der Waals surface area contributed by atoms with Crippen molar-refractivity contribution < 1.29 is 9.59 Å². The van der Waals surface area contributed by atoms with Gasteiger partial charge in [-0.05, 0) is 12.8 Å². The van der Waals surface area contributed by atoms with Crippen LogP contribution in [0.2, 0.25) is 0 Å². The Labute approximate surface area is 74.3 Å². The van der Waals surface area contributed by atoms with Crippen molar-refractivity contribution in [2.24, 2.45) is 5.92 Å². The molecule has 0 spiro atoms. The molecule has 0 heterocycles. The lowest BCUT2D eigenvalue weighted by Gasteiger charge is -2.06. The highest BCUT2D eigenvalue weighted by Gasteiger charge is 2.05. The highest BCUT2D eigenvalue weighted by atomic mass is 16.1. The van der Waals surface area contributed by atoms with E-state index in [-0.39, 0.29) is 5.92 Å². The van der Waals surface area contributed by atoms with E-state index in [0.717, 1.165) is 31.8 Å². The Bertz CT molecular complexity index is 121. The molecule has 0 amide bonds. The quantitative estimate of drug-likeness (QED) is 0.414. The number of aldehydes is 2. The van der Waals surface area contributed by atoms with Crippen LogP contribution in [-0.4, -0.2) is 12.6 Å². The van der Waals surface area contributed by atoms with E-state index in [1.807, 2.05) is 0 Å². The number of carbonyl (C=O) groups excluding carboxylic acids is 2. The van der Waals surface area contributed by atoms with Crippen molar-refractivity contribution in [3.8, 4) is 0 Å². The first-order chi connectivity index (χ1) is 5.85. The van der Waals surface area contributed by atoms with Gasteiger partial charge in [0.1, 0.15) is 12.6 Å². The van der Waals surface area contributed by atoms with E-state index in [1.54, 1.807) is 0 Å². The van der Waals surface area contributed by atoms with Crippen molar-refractivity contribution in [1.82, 2.24) is 0 Å². The van der Waals surface area contributed by atoms with Crippen LogP contribution in [-0.2, 0) is 9.59 Å². The summed E-state index contributed by atoms with van der Waals surface area (Å²) in [4.78, 5) is 20.5. The van der Waals surface area contributed by atoms with Gasteiger partial charge in [-0.3, -0.25) is 0 Å². The Kier molecular flexibility index (Phi) is 7.97. The smallest absolute Gasteiger partial charge is 0.123 e. The lowest BCUT2D eigenvalue weighted by atomic mass is 9.98. The van der Waals surface area contributed by atoms with Crippen LogP contribution < -0.4 is 0 Å². The molecule has 0 rings (SSSR count). The summed E-state index contributed by atoms with van der Waals surface area (Å²) in [5.41, 5.74) is 0. The molecule has 0 aliphatic carbocycles. The van der Waals surface area contributed by atoms with Crippen molar-refractivity contribution in [3.05, 3.63) is 0 Å². The second-order valence-corrected chi connectivity index (χ2v) is 3.14. The number of rotatable bonds is 8. The predicted octanol–water partition coefficient (Wildman–Crippen LogP) is 2.36. The minimum Gasteiger partial charge on any atom is -0.303 e. The topological polar surface area (TPSA) is 34.1 Å². The summed E-state index contributed by atoms with van der Waals surface area (Å²) >= 11 is 0. The summed E-state index contributed by atoms with van der Waals surface area (Å²) < 4.78 is 0. The summed E-state index contributed by atoms with van der Waals surface area (Å²) in [5, 5.41) is 0. The predicted molar refractivity (Wildman–Crippen MR) is 49.0 cm³/mol. The lowest BCUT2D eigenvalue weighted by molar-refractivity contribution is -0.112. The highest BCUT2D eigenvalue weighted by Crippen LogP contribution is 2.12. The average molecular weight is 170 g/mol. The van der Waals surface area contributed by atoms with Crippen molar-refractivity contribution in [1.29, 1.82) is 0 Å². The molecule has 1 unspecified atom stereocenters. The number of hydrogen-bond acceptors (Lipinski definition) is 2. The molecular formula is C10H18O2. The highest BCUT2D eigenvalue weighted by molar-refractivity contribution is 5.55. The van der Waals surface area contributed by atoms with E-state index in [0.29, 0.717) is 6.42 Å². The Morgan fingerprint density at radius 3 is 2.42 bits per heavy atom. The van der Waals surface area contributed by atoms with Gasteiger partial charge in [0, 0.05) is 12.3 Å². The molecular weight excluding hydrogens is 152 g/mol. The third-order valence-corrected chi connectivity index (χ3v) is 2.03. The second kappa shape index (κ2) is 8.44. The molecule has 0 aromatic rings. The zero-order valence-corrected chi connectivity index (χ0v) is 7.79. The van der Waals surface area contributed by atoms with Gasteiger partial charge in [0.15, 0.2) is 0 Å². The molecule has 2 nitrogen and oxygen atoms in total. The van der Waals surface area contributed by atoms with Crippen molar-refractivity contribution in [3.63, 3.8) is 0 Å². The summed E-state index contributed by atoms with van der Waals surface area (Å²) in [6, 6.07) is 0. The van der Waals surface area contributed by atoms with Crippen molar-refractivity contribution in [2.45, 2.75) is 45.4 Å². The molecule has 0 aliphatic heterocycles. The molecule has 0 bridgehead atoms. The number of hydrogen-bond donors (Lipinski definition) is 0. The maximum atomic E-state index is 10.5. The third kappa shape index (κ3) is 6.08. The molecule has 70 valence electrons. The fraction of sp³-hybridized carbons (Fsp3) is 0.800. The van der Waals surface area contributed by atoms with Crippen LogP contribution in [0.5, 0.6) is 0 Å². The van der Waals surface area contributed by atoms with Gasteiger partial charge < -0.3 is 9.59 Å². The van der Waals surface area contributed by atoms with E-state index in [2.05, 4.69) is 6.92 Å². The van der Waals surface area contributed by atoms with E-state index in [4.69, 9.17) is 0 Å². The molecule has 0 aliphatic rings. The van der Waals surface area contributed by atoms with Gasteiger partial charge in [-0.2, -0.15) is 0 Å². The van der Waals surface area contributed by atoms with Crippen LogP contribution in [0.25, 0.3) is 0 Å². The first kappa shape index (κ1) is 11.3. The maximum absolute atomic E-state index is 10.5. The molecule has 0 saturated carbocycles. The zero-order chi connectivity index (χ0) is 9.23. The summed E-state index contributed by atoms with van der Waals surface area (Å²) in [7, 11) is 0. The SMILES string of the molecule is CCCCCC(C=O)CCC=O. The Morgan fingerprint density at radius 2 is 1.92 bits per heavy atom. The van der Waals surface area contributed by atoms with Crippen LogP contribution in [0, 0.1) is 5.92 Å². The van der Waals surface area contributed by atoms with Gasteiger partial charge in [-0.1, -0.05) is 26.2 Å². The molecule has 0 aromatic heterocycles. The van der Waals surface area contributed by atoms with Gasteiger partial charge in [-0.15, -0.1) is 0 Å². The molecule has 0 radical (unpaired) electrons. The summed E-state index contributed by atoms with van der Waals surface area (Å²) in [6.45, 7) is 2.14. The minimum absolute atomic E-state index is 0.113. The first-order valence-corrected chi connectivity index (χ1v) is 4.74. The largest absolute Gasteiger partial charge is 0.303 e. The van der Waals surface area contributed by atoms with Crippen LogP contribution >= 0.6 is 0 Å². The Hall–Kier alpha value is -0.660. The van der Waals surface area contributed by atoms with Gasteiger partial charge in [0.2, 0.25) is 0 Å². The van der Waals surface area contributed by atoms with E-state index in [1.165, 1.54) is 12.8 Å². The molecule has 0 aromatic carbocycles.